The van der Waals surface area contributed by atoms with Gasteiger partial charge in [0, 0.05) is 32.3 Å². The zero-order valence-corrected chi connectivity index (χ0v) is 16.0. The van der Waals surface area contributed by atoms with Crippen LogP contribution in [0.5, 0.6) is 0 Å². The number of carbonyl (C=O) groups is 2. The predicted octanol–water partition coefficient (Wildman–Crippen LogP) is 3.62. The molecule has 0 bridgehead atoms. The van der Waals surface area contributed by atoms with Gasteiger partial charge in [-0.25, -0.2) is 4.79 Å². The van der Waals surface area contributed by atoms with Crippen LogP contribution in [0.3, 0.4) is 0 Å². The summed E-state index contributed by atoms with van der Waals surface area (Å²) in [4.78, 5) is 28.0. The van der Waals surface area contributed by atoms with Gasteiger partial charge in [-0.05, 0) is 62.8 Å². The Bertz CT molecular complexity index is 712. The van der Waals surface area contributed by atoms with Crippen LogP contribution in [0, 0.1) is 0 Å². The van der Waals surface area contributed by atoms with Crippen molar-refractivity contribution in [1.29, 1.82) is 0 Å². The summed E-state index contributed by atoms with van der Waals surface area (Å²) in [6.45, 7) is 8.60. The molecule has 2 aliphatic heterocycles. The first-order valence-corrected chi connectivity index (χ1v) is 9.38. The Morgan fingerprint density at radius 3 is 2.46 bits per heavy atom. The van der Waals surface area contributed by atoms with Crippen LogP contribution in [0.1, 0.15) is 50.3 Å². The van der Waals surface area contributed by atoms with Crippen LogP contribution < -0.4 is 0 Å². The average Bonchev–Trinajstić information content (AvgIpc) is 3.12. The van der Waals surface area contributed by atoms with E-state index in [4.69, 9.17) is 4.74 Å². The van der Waals surface area contributed by atoms with E-state index in [1.165, 1.54) is 5.56 Å². The van der Waals surface area contributed by atoms with Gasteiger partial charge in [-0.1, -0.05) is 18.2 Å². The summed E-state index contributed by atoms with van der Waals surface area (Å²) in [6.07, 6.45) is 6.31. The number of benzene rings is 1. The molecule has 2 aliphatic rings. The molecule has 0 radical (unpaired) electrons. The molecule has 0 unspecified atom stereocenters. The topological polar surface area (TPSA) is 49.9 Å². The monoisotopic (exact) mass is 356 g/mol. The van der Waals surface area contributed by atoms with Gasteiger partial charge in [0.1, 0.15) is 5.60 Å². The molecule has 1 fully saturated rings. The predicted molar refractivity (Wildman–Crippen MR) is 102 cm³/mol. The Morgan fingerprint density at radius 1 is 1.04 bits per heavy atom. The Hall–Kier alpha value is -2.30. The molecule has 1 aromatic carbocycles. The second kappa shape index (κ2) is 7.52. The normalized spacial score (nSPS) is 17.5. The minimum atomic E-state index is -0.478. The highest BCUT2D eigenvalue weighted by Gasteiger charge is 2.25. The molecule has 3 rings (SSSR count). The second-order valence-electron chi connectivity index (χ2n) is 8.05. The van der Waals surface area contributed by atoms with Gasteiger partial charge in [-0.15, -0.1) is 0 Å². The third-order valence-electron chi connectivity index (χ3n) is 4.73. The third kappa shape index (κ3) is 4.65. The van der Waals surface area contributed by atoms with Crippen LogP contribution in [0.4, 0.5) is 4.79 Å². The first-order valence-electron chi connectivity index (χ1n) is 9.38. The zero-order chi connectivity index (χ0) is 18.7. The third-order valence-corrected chi connectivity index (χ3v) is 4.73. The lowest BCUT2D eigenvalue weighted by atomic mass is 9.97. The van der Waals surface area contributed by atoms with Crippen molar-refractivity contribution in [3.8, 4) is 0 Å². The number of hydrogen-bond donors (Lipinski definition) is 0. The summed E-state index contributed by atoms with van der Waals surface area (Å²) in [5.41, 5.74) is 2.93. The molecule has 1 aromatic rings. The molecular weight excluding hydrogens is 328 g/mol. The maximum absolute atomic E-state index is 12.2. The van der Waals surface area contributed by atoms with Gasteiger partial charge in [-0.3, -0.25) is 4.79 Å². The molecular formula is C21H28N2O3. The summed E-state index contributed by atoms with van der Waals surface area (Å²) < 4.78 is 5.46. The summed E-state index contributed by atoms with van der Waals surface area (Å²) >= 11 is 0. The van der Waals surface area contributed by atoms with Gasteiger partial charge < -0.3 is 14.5 Å². The first kappa shape index (κ1) is 18.5. The van der Waals surface area contributed by atoms with Crippen molar-refractivity contribution in [3.05, 3.63) is 41.0 Å². The van der Waals surface area contributed by atoms with Gasteiger partial charge in [0.15, 0.2) is 0 Å². The quantitative estimate of drug-likeness (QED) is 0.761. The van der Waals surface area contributed by atoms with E-state index in [9.17, 15) is 9.59 Å². The van der Waals surface area contributed by atoms with Crippen LogP contribution in [-0.2, 0) is 22.5 Å². The number of nitrogens with zero attached hydrogens (tertiary/aromatic N) is 2. The van der Waals surface area contributed by atoms with E-state index in [1.54, 1.807) is 11.0 Å². The molecule has 0 aliphatic carbocycles. The Kier molecular flexibility index (Phi) is 5.35. The molecule has 140 valence electrons. The largest absolute Gasteiger partial charge is 0.444 e. The molecule has 0 saturated carbocycles. The fraction of sp³-hybridized carbons (Fsp3) is 0.524. The molecule has 5 nitrogen and oxygen atoms in total. The maximum Gasteiger partial charge on any atom is 0.410 e. The fourth-order valence-corrected chi connectivity index (χ4v) is 3.37. The van der Waals surface area contributed by atoms with Crippen molar-refractivity contribution < 1.29 is 14.3 Å². The zero-order valence-electron chi connectivity index (χ0n) is 16.0. The molecule has 0 spiro atoms. The molecule has 2 amide bonds. The number of fused-ring (bicyclic) bond motifs is 1. The van der Waals surface area contributed by atoms with Crippen LogP contribution in [0.15, 0.2) is 24.3 Å². The number of rotatable bonds is 2. The van der Waals surface area contributed by atoms with Gasteiger partial charge in [0.2, 0.25) is 5.91 Å². The lowest BCUT2D eigenvalue weighted by Crippen LogP contribution is -2.39. The second-order valence-corrected chi connectivity index (χ2v) is 8.05. The Balaban J connectivity index is 1.63. The van der Waals surface area contributed by atoms with E-state index in [2.05, 4.69) is 6.07 Å². The lowest BCUT2D eigenvalue weighted by molar-refractivity contribution is -0.124. The van der Waals surface area contributed by atoms with Gasteiger partial charge in [-0.2, -0.15) is 0 Å². The molecule has 26 heavy (non-hydrogen) atoms. The molecule has 0 aromatic heterocycles. The summed E-state index contributed by atoms with van der Waals surface area (Å²) in [5, 5.41) is 0. The van der Waals surface area contributed by atoms with Gasteiger partial charge >= 0.3 is 6.09 Å². The molecule has 2 heterocycles. The van der Waals surface area contributed by atoms with Crippen molar-refractivity contribution in [2.45, 2.75) is 52.2 Å². The smallest absolute Gasteiger partial charge is 0.410 e. The summed E-state index contributed by atoms with van der Waals surface area (Å²) in [7, 11) is 0. The molecule has 0 atom stereocenters. The van der Waals surface area contributed by atoms with Crippen LogP contribution >= 0.6 is 0 Å². The van der Waals surface area contributed by atoms with E-state index in [-0.39, 0.29) is 12.0 Å². The summed E-state index contributed by atoms with van der Waals surface area (Å²) in [5.74, 6) is 0.0938. The summed E-state index contributed by atoms with van der Waals surface area (Å²) in [6, 6.07) is 6.17. The Labute approximate surface area is 155 Å². The van der Waals surface area contributed by atoms with Crippen LogP contribution in [0.2, 0.25) is 0 Å². The number of amides is 2. The van der Waals surface area contributed by atoms with Crippen molar-refractivity contribution >= 4 is 18.1 Å². The molecule has 5 heteroatoms. The van der Waals surface area contributed by atoms with E-state index in [0.29, 0.717) is 13.1 Å². The Morgan fingerprint density at radius 2 is 1.77 bits per heavy atom. The minimum Gasteiger partial charge on any atom is -0.444 e. The minimum absolute atomic E-state index is 0.0938. The van der Waals surface area contributed by atoms with E-state index in [1.807, 2.05) is 43.9 Å². The van der Waals surface area contributed by atoms with E-state index in [0.717, 1.165) is 43.5 Å². The number of ether oxygens (including phenoxy) is 1. The maximum atomic E-state index is 12.2. The highest BCUT2D eigenvalue weighted by atomic mass is 16.6. The van der Waals surface area contributed by atoms with Crippen molar-refractivity contribution in [1.82, 2.24) is 9.80 Å². The highest BCUT2D eigenvalue weighted by molar-refractivity contribution is 5.92. The standard InChI is InChI=1S/C21H28N2O3/c1-21(2,3)26-20(25)23-13-10-17-14-16(6-8-18(17)15-23)7-9-19(24)22-11-4-5-12-22/h6-9,14H,4-5,10-13,15H2,1-3H3/b9-7+. The average molecular weight is 356 g/mol. The van der Waals surface area contributed by atoms with Crippen molar-refractivity contribution in [2.24, 2.45) is 0 Å². The van der Waals surface area contributed by atoms with Crippen molar-refractivity contribution in [2.75, 3.05) is 19.6 Å². The van der Waals surface area contributed by atoms with Gasteiger partial charge in [0.25, 0.3) is 0 Å². The van der Waals surface area contributed by atoms with Gasteiger partial charge in [0.05, 0.1) is 0 Å². The number of carbonyl (C=O) groups excluding carboxylic acids is 2. The van der Waals surface area contributed by atoms with Crippen LogP contribution in [-0.4, -0.2) is 47.0 Å². The SMILES string of the molecule is CC(C)(C)OC(=O)N1CCc2cc(/C=C/C(=O)N3CCCC3)ccc2C1. The van der Waals surface area contributed by atoms with E-state index < -0.39 is 5.60 Å². The van der Waals surface area contributed by atoms with Crippen LogP contribution in [0.25, 0.3) is 6.08 Å². The lowest BCUT2D eigenvalue weighted by Gasteiger charge is -2.31. The van der Waals surface area contributed by atoms with E-state index >= 15 is 0 Å². The fourth-order valence-electron chi connectivity index (χ4n) is 3.37. The number of likely N-dealkylation sites (tertiary alicyclic amines) is 1. The van der Waals surface area contributed by atoms with Crippen molar-refractivity contribution in [3.63, 3.8) is 0 Å². The highest BCUT2D eigenvalue weighted by Crippen LogP contribution is 2.23. The number of hydrogen-bond acceptors (Lipinski definition) is 3. The molecule has 0 N–H and O–H groups in total. The first-order chi connectivity index (χ1) is 12.3. The molecule has 1 saturated heterocycles.